The summed E-state index contributed by atoms with van der Waals surface area (Å²) in [5.74, 6) is -0.346. The summed E-state index contributed by atoms with van der Waals surface area (Å²) in [7, 11) is 0. The Morgan fingerprint density at radius 2 is 1.46 bits per heavy atom. The molecule has 0 aliphatic heterocycles. The normalized spacial score (nSPS) is 13.2. The van der Waals surface area contributed by atoms with E-state index in [1.54, 1.807) is 6.92 Å². The number of unbranched alkanes of at least 4 members (excludes halogenated alkanes) is 7. The van der Waals surface area contributed by atoms with Crippen molar-refractivity contribution < 1.29 is 19.1 Å². The first-order valence-electron chi connectivity index (χ1n) is 9.66. The highest BCUT2D eigenvalue weighted by Gasteiger charge is 2.27. The summed E-state index contributed by atoms with van der Waals surface area (Å²) in [6.45, 7) is 8.57. The van der Waals surface area contributed by atoms with E-state index in [4.69, 9.17) is 9.47 Å². The van der Waals surface area contributed by atoms with Crippen molar-refractivity contribution in [1.29, 1.82) is 0 Å². The van der Waals surface area contributed by atoms with Gasteiger partial charge in [-0.15, -0.1) is 0 Å². The summed E-state index contributed by atoms with van der Waals surface area (Å²) in [6, 6.07) is -0.636. The zero-order valence-corrected chi connectivity index (χ0v) is 16.1. The Morgan fingerprint density at radius 1 is 0.875 bits per heavy atom. The third kappa shape index (κ3) is 11.3. The van der Waals surface area contributed by atoms with Crippen molar-refractivity contribution in [2.75, 3.05) is 13.2 Å². The lowest BCUT2D eigenvalue weighted by atomic mass is 9.99. The van der Waals surface area contributed by atoms with E-state index in [9.17, 15) is 9.59 Å². The molecular formula is C19H37NO4. The topological polar surface area (TPSA) is 64.6 Å². The highest BCUT2D eigenvalue weighted by Crippen LogP contribution is 2.11. The van der Waals surface area contributed by atoms with Crippen molar-refractivity contribution in [3.63, 3.8) is 0 Å². The molecule has 5 heteroatoms. The van der Waals surface area contributed by atoms with Crippen molar-refractivity contribution >= 4 is 12.1 Å². The lowest BCUT2D eigenvalue weighted by Crippen LogP contribution is -2.46. The van der Waals surface area contributed by atoms with Gasteiger partial charge in [-0.3, -0.25) is 0 Å². The maximum Gasteiger partial charge on any atom is 0.407 e. The van der Waals surface area contributed by atoms with Gasteiger partial charge in [0.15, 0.2) is 0 Å². The molecule has 0 bridgehead atoms. The van der Waals surface area contributed by atoms with Crippen molar-refractivity contribution in [2.24, 2.45) is 5.92 Å². The summed E-state index contributed by atoms with van der Waals surface area (Å²) < 4.78 is 10.2. The van der Waals surface area contributed by atoms with Gasteiger partial charge in [0.1, 0.15) is 6.04 Å². The van der Waals surface area contributed by atoms with Crippen LogP contribution in [0.3, 0.4) is 0 Å². The molecule has 1 N–H and O–H groups in total. The van der Waals surface area contributed by atoms with Crippen LogP contribution in [0.15, 0.2) is 0 Å². The number of ether oxygens (including phenoxy) is 2. The molecule has 0 aliphatic rings. The maximum atomic E-state index is 12.2. The number of alkyl carbamates (subject to hydrolysis) is 1. The minimum atomic E-state index is -0.636. The summed E-state index contributed by atoms with van der Waals surface area (Å²) in [5, 5.41) is 2.61. The third-order valence-corrected chi connectivity index (χ3v) is 4.26. The van der Waals surface area contributed by atoms with Gasteiger partial charge >= 0.3 is 12.1 Å². The summed E-state index contributed by atoms with van der Waals surface area (Å²) in [4.78, 5) is 23.8. The molecule has 2 atom stereocenters. The first-order chi connectivity index (χ1) is 11.6. The number of hydrogen-bond acceptors (Lipinski definition) is 4. The molecule has 0 heterocycles. The number of amides is 1. The minimum absolute atomic E-state index is 0.0143. The zero-order chi connectivity index (χ0) is 18.2. The van der Waals surface area contributed by atoms with Gasteiger partial charge in [-0.1, -0.05) is 72.1 Å². The molecule has 0 aromatic rings. The zero-order valence-electron chi connectivity index (χ0n) is 16.1. The van der Waals surface area contributed by atoms with E-state index in [0.29, 0.717) is 6.61 Å². The van der Waals surface area contributed by atoms with E-state index in [-0.39, 0.29) is 18.5 Å². The molecule has 0 spiro atoms. The molecule has 0 saturated heterocycles. The minimum Gasteiger partial charge on any atom is -0.464 e. The summed E-state index contributed by atoms with van der Waals surface area (Å²) in [5.41, 5.74) is 0. The second-order valence-corrected chi connectivity index (χ2v) is 6.37. The molecular weight excluding hydrogens is 306 g/mol. The lowest BCUT2D eigenvalue weighted by molar-refractivity contribution is -0.147. The smallest absolute Gasteiger partial charge is 0.407 e. The molecule has 0 rings (SSSR count). The van der Waals surface area contributed by atoms with E-state index in [1.165, 1.54) is 38.5 Å². The molecule has 1 amide bonds. The maximum absolute atomic E-state index is 12.2. The highest BCUT2D eigenvalue weighted by atomic mass is 16.6. The molecule has 24 heavy (non-hydrogen) atoms. The fourth-order valence-corrected chi connectivity index (χ4v) is 2.47. The molecule has 0 radical (unpaired) electrons. The predicted molar refractivity (Wildman–Crippen MR) is 97.0 cm³/mol. The fraction of sp³-hybridized carbons (Fsp3) is 0.895. The van der Waals surface area contributed by atoms with Crippen molar-refractivity contribution in [2.45, 2.75) is 91.5 Å². The van der Waals surface area contributed by atoms with Crippen molar-refractivity contribution in [3.8, 4) is 0 Å². The molecule has 0 aromatic heterocycles. The van der Waals surface area contributed by atoms with Crippen LogP contribution in [0.1, 0.15) is 85.5 Å². The average Bonchev–Trinajstić information content (AvgIpc) is 2.57. The van der Waals surface area contributed by atoms with Gasteiger partial charge < -0.3 is 14.8 Å². The standard InChI is InChI=1S/C19H37NO4/c1-5-8-9-10-11-12-13-14-15-24-18(21)17(16(4)6-2)20-19(22)23-7-3/h16-17H,5-15H2,1-4H3,(H,20,22). The van der Waals surface area contributed by atoms with Crippen LogP contribution < -0.4 is 5.32 Å². The Hall–Kier alpha value is -1.26. The van der Waals surface area contributed by atoms with Crippen LogP contribution in [0, 0.1) is 5.92 Å². The van der Waals surface area contributed by atoms with Gasteiger partial charge in [-0.05, 0) is 19.3 Å². The number of carbonyl (C=O) groups is 2. The second-order valence-electron chi connectivity index (χ2n) is 6.37. The Bertz CT molecular complexity index is 333. The van der Waals surface area contributed by atoms with Crippen molar-refractivity contribution in [1.82, 2.24) is 5.32 Å². The predicted octanol–water partition coefficient (Wildman–Crippen LogP) is 4.83. The van der Waals surface area contributed by atoms with E-state index in [2.05, 4.69) is 12.2 Å². The van der Waals surface area contributed by atoms with E-state index >= 15 is 0 Å². The Labute approximate surface area is 147 Å². The van der Waals surface area contributed by atoms with Gasteiger partial charge in [0.2, 0.25) is 0 Å². The SMILES string of the molecule is CCCCCCCCCCOC(=O)C(NC(=O)OCC)C(C)CC. The quantitative estimate of drug-likeness (QED) is 0.362. The number of nitrogens with one attached hydrogen (secondary N) is 1. The number of rotatable bonds is 14. The molecule has 2 unspecified atom stereocenters. The van der Waals surface area contributed by atoms with Gasteiger partial charge in [-0.2, -0.15) is 0 Å². The Balaban J connectivity index is 3.95. The largest absolute Gasteiger partial charge is 0.464 e. The lowest BCUT2D eigenvalue weighted by Gasteiger charge is -2.22. The molecule has 142 valence electrons. The summed E-state index contributed by atoms with van der Waals surface area (Å²) in [6.07, 6.45) is 9.84. The Kier molecular flexibility index (Phi) is 14.5. The van der Waals surface area contributed by atoms with Gasteiger partial charge in [0, 0.05) is 0 Å². The fourth-order valence-electron chi connectivity index (χ4n) is 2.47. The highest BCUT2D eigenvalue weighted by molar-refractivity contribution is 5.81. The molecule has 5 nitrogen and oxygen atoms in total. The van der Waals surface area contributed by atoms with Gasteiger partial charge in [0.25, 0.3) is 0 Å². The molecule has 0 saturated carbocycles. The van der Waals surface area contributed by atoms with Crippen LogP contribution in [-0.2, 0) is 14.3 Å². The number of hydrogen-bond donors (Lipinski definition) is 1. The first-order valence-corrected chi connectivity index (χ1v) is 9.66. The monoisotopic (exact) mass is 343 g/mol. The van der Waals surface area contributed by atoms with Crippen LogP contribution in [0.4, 0.5) is 4.79 Å². The third-order valence-electron chi connectivity index (χ3n) is 4.26. The molecule has 0 fully saturated rings. The Morgan fingerprint density at radius 3 is 2.00 bits per heavy atom. The average molecular weight is 344 g/mol. The van der Waals surface area contributed by atoms with Gasteiger partial charge in [-0.25, -0.2) is 9.59 Å². The second kappa shape index (κ2) is 15.3. The van der Waals surface area contributed by atoms with E-state index in [0.717, 1.165) is 19.3 Å². The van der Waals surface area contributed by atoms with E-state index < -0.39 is 12.1 Å². The van der Waals surface area contributed by atoms with E-state index in [1.807, 2.05) is 13.8 Å². The van der Waals surface area contributed by atoms with Gasteiger partial charge in [0.05, 0.1) is 13.2 Å². The van der Waals surface area contributed by atoms with Crippen molar-refractivity contribution in [3.05, 3.63) is 0 Å². The first kappa shape index (κ1) is 22.7. The summed E-state index contributed by atoms with van der Waals surface area (Å²) >= 11 is 0. The number of carbonyl (C=O) groups excluding carboxylic acids is 2. The van der Waals surface area contributed by atoms with Crippen LogP contribution in [0.5, 0.6) is 0 Å². The molecule has 0 aromatic carbocycles. The van der Waals surface area contributed by atoms with Crippen LogP contribution in [-0.4, -0.2) is 31.3 Å². The number of esters is 1. The van der Waals surface area contributed by atoms with Crippen LogP contribution >= 0.6 is 0 Å². The van der Waals surface area contributed by atoms with Crippen LogP contribution in [0.2, 0.25) is 0 Å². The molecule has 0 aliphatic carbocycles. The van der Waals surface area contributed by atoms with Crippen LogP contribution in [0.25, 0.3) is 0 Å².